The Balaban J connectivity index is 1.68. The zero-order valence-electron chi connectivity index (χ0n) is 19.4. The molecule has 8 heteroatoms. The Morgan fingerprint density at radius 1 is 1.26 bits per heavy atom. The van der Waals surface area contributed by atoms with Gasteiger partial charge in [0.1, 0.15) is 29.2 Å². The number of carbonyl (C=O) groups is 1. The number of hydrogen-bond acceptors (Lipinski definition) is 5. The van der Waals surface area contributed by atoms with Crippen molar-refractivity contribution in [3.05, 3.63) is 63.4 Å². The number of carbonyl (C=O) groups excluding carboxylic acids is 1. The number of hydrogen-bond donors (Lipinski definition) is 1. The summed E-state index contributed by atoms with van der Waals surface area (Å²) in [6, 6.07) is 12.6. The van der Waals surface area contributed by atoms with Crippen molar-refractivity contribution in [2.45, 2.75) is 45.1 Å². The third-order valence-electron chi connectivity index (χ3n) is 5.75. The van der Waals surface area contributed by atoms with Crippen molar-refractivity contribution in [2.75, 3.05) is 26.2 Å². The number of nitrogens with zero attached hydrogens (tertiary/aromatic N) is 3. The van der Waals surface area contributed by atoms with Crippen LogP contribution in [0.3, 0.4) is 0 Å². The third-order valence-corrected chi connectivity index (χ3v) is 6.28. The summed E-state index contributed by atoms with van der Waals surface area (Å²) in [7, 11) is 0. The average Bonchev–Trinajstić information content (AvgIpc) is 2.85. The lowest BCUT2D eigenvalue weighted by atomic mass is 10.0. The molecule has 1 fully saturated rings. The van der Waals surface area contributed by atoms with Crippen molar-refractivity contribution in [1.82, 2.24) is 15.2 Å². The van der Waals surface area contributed by atoms with E-state index < -0.39 is 5.91 Å². The van der Waals surface area contributed by atoms with E-state index in [1.54, 1.807) is 12.1 Å². The molecule has 1 aliphatic heterocycles. The number of halogens is 2. The molecule has 0 aliphatic carbocycles. The van der Waals surface area contributed by atoms with Gasteiger partial charge in [-0.1, -0.05) is 55.1 Å². The van der Waals surface area contributed by atoms with Crippen molar-refractivity contribution in [3.63, 3.8) is 0 Å². The van der Waals surface area contributed by atoms with Gasteiger partial charge in [-0.3, -0.25) is 9.69 Å². The molecular weight excluding hydrogens is 471 g/mol. The molecule has 2 heterocycles. The maximum atomic E-state index is 12.9. The first-order valence-electron chi connectivity index (χ1n) is 11.7. The fraction of sp³-hybridized carbons (Fsp3) is 0.423. The SMILES string of the molecule is CCCC(NC(=O)/C(C#N)=C/c1nc(Cl)ccc1Cl)c1cccc(OCCN2CCCCC2)c1. The minimum absolute atomic E-state index is 0.0910. The number of amides is 1. The minimum Gasteiger partial charge on any atom is -0.492 e. The lowest BCUT2D eigenvalue weighted by molar-refractivity contribution is -0.117. The normalized spacial score (nSPS) is 15.4. The molecular formula is C26H30Cl2N4O2. The highest BCUT2D eigenvalue weighted by Gasteiger charge is 2.18. The fourth-order valence-corrected chi connectivity index (χ4v) is 4.28. The topological polar surface area (TPSA) is 78.2 Å². The first-order valence-corrected chi connectivity index (χ1v) is 12.5. The number of ether oxygens (including phenoxy) is 1. The van der Waals surface area contributed by atoms with Crippen molar-refractivity contribution >= 4 is 35.2 Å². The van der Waals surface area contributed by atoms with E-state index in [4.69, 9.17) is 27.9 Å². The van der Waals surface area contributed by atoms with Gasteiger partial charge in [-0.15, -0.1) is 0 Å². The lowest BCUT2D eigenvalue weighted by Crippen LogP contribution is -2.33. The molecule has 1 aromatic carbocycles. The van der Waals surface area contributed by atoms with Gasteiger partial charge in [0, 0.05) is 6.54 Å². The van der Waals surface area contributed by atoms with Crippen molar-refractivity contribution in [3.8, 4) is 11.8 Å². The predicted octanol–water partition coefficient (Wildman–Crippen LogP) is 5.82. The first-order chi connectivity index (χ1) is 16.5. The Labute approximate surface area is 211 Å². The molecule has 2 aromatic rings. The molecule has 1 atom stereocenters. The van der Waals surface area contributed by atoms with Gasteiger partial charge in [0.25, 0.3) is 5.91 Å². The molecule has 0 spiro atoms. The van der Waals surface area contributed by atoms with Crippen LogP contribution in [0.2, 0.25) is 10.2 Å². The molecule has 1 saturated heterocycles. The molecule has 1 aliphatic rings. The van der Waals surface area contributed by atoms with Gasteiger partial charge >= 0.3 is 0 Å². The molecule has 1 aromatic heterocycles. The Morgan fingerprint density at radius 3 is 2.79 bits per heavy atom. The highest BCUT2D eigenvalue weighted by molar-refractivity contribution is 6.33. The average molecular weight is 501 g/mol. The summed E-state index contributed by atoms with van der Waals surface area (Å²) in [5, 5.41) is 13.1. The Bertz CT molecular complexity index is 1050. The van der Waals surface area contributed by atoms with Crippen LogP contribution in [0.5, 0.6) is 5.75 Å². The number of pyridine rings is 1. The lowest BCUT2D eigenvalue weighted by Gasteiger charge is -2.26. The summed E-state index contributed by atoms with van der Waals surface area (Å²) in [4.78, 5) is 19.5. The van der Waals surface area contributed by atoms with E-state index in [2.05, 4.69) is 22.1 Å². The van der Waals surface area contributed by atoms with Crippen LogP contribution in [-0.2, 0) is 4.79 Å². The standard InChI is InChI=1S/C26H30Cl2N4O2/c1-2-7-23(31-26(33)20(18-29)17-24-22(27)10-11-25(28)30-24)19-8-6-9-21(16-19)34-15-14-32-12-4-3-5-13-32/h6,8-11,16-17,23H,2-5,7,12-15H2,1H3,(H,31,33)/b20-17+. The predicted molar refractivity (Wildman–Crippen MR) is 136 cm³/mol. The van der Waals surface area contributed by atoms with Crippen molar-refractivity contribution in [2.24, 2.45) is 0 Å². The summed E-state index contributed by atoms with van der Waals surface area (Å²) in [6.45, 7) is 5.87. The summed E-state index contributed by atoms with van der Waals surface area (Å²) < 4.78 is 6.00. The smallest absolute Gasteiger partial charge is 0.262 e. The van der Waals surface area contributed by atoms with E-state index in [0.717, 1.165) is 43.8 Å². The monoisotopic (exact) mass is 500 g/mol. The van der Waals surface area contributed by atoms with E-state index in [0.29, 0.717) is 11.6 Å². The number of likely N-dealkylation sites (tertiary alicyclic amines) is 1. The summed E-state index contributed by atoms with van der Waals surface area (Å²) in [6.07, 6.45) is 6.76. The number of piperidine rings is 1. The Kier molecular flexibility index (Phi) is 10.2. The fourth-order valence-electron chi connectivity index (χ4n) is 3.96. The van der Waals surface area contributed by atoms with Gasteiger partial charge in [-0.05, 0) is 68.3 Å². The molecule has 1 unspecified atom stereocenters. The second-order valence-corrected chi connectivity index (χ2v) is 9.10. The Hall–Kier alpha value is -2.59. The molecule has 0 saturated carbocycles. The minimum atomic E-state index is -0.491. The molecule has 3 rings (SSSR count). The quantitative estimate of drug-likeness (QED) is 0.252. The highest BCUT2D eigenvalue weighted by Crippen LogP contribution is 2.24. The molecule has 1 amide bonds. The second kappa shape index (κ2) is 13.3. The number of benzene rings is 1. The molecule has 0 radical (unpaired) electrons. The molecule has 6 nitrogen and oxygen atoms in total. The van der Waals surface area contributed by atoms with Crippen LogP contribution < -0.4 is 10.1 Å². The summed E-state index contributed by atoms with van der Waals surface area (Å²) >= 11 is 12.1. The zero-order valence-corrected chi connectivity index (χ0v) is 20.9. The maximum absolute atomic E-state index is 12.9. The number of aromatic nitrogens is 1. The highest BCUT2D eigenvalue weighted by atomic mass is 35.5. The van der Waals surface area contributed by atoms with Gasteiger partial charge in [0.15, 0.2) is 0 Å². The van der Waals surface area contributed by atoms with Gasteiger partial charge in [0.05, 0.1) is 16.8 Å². The van der Waals surface area contributed by atoms with E-state index in [9.17, 15) is 10.1 Å². The summed E-state index contributed by atoms with van der Waals surface area (Å²) in [5.74, 6) is 0.283. The van der Waals surface area contributed by atoms with E-state index in [1.807, 2.05) is 30.3 Å². The van der Waals surface area contributed by atoms with Crippen molar-refractivity contribution < 1.29 is 9.53 Å². The van der Waals surface area contributed by atoms with Crippen LogP contribution in [0, 0.1) is 11.3 Å². The number of rotatable bonds is 10. The van der Waals surface area contributed by atoms with Gasteiger partial charge in [0.2, 0.25) is 0 Å². The largest absolute Gasteiger partial charge is 0.492 e. The van der Waals surface area contributed by atoms with Gasteiger partial charge < -0.3 is 10.1 Å². The number of nitrogens with one attached hydrogen (secondary N) is 1. The Morgan fingerprint density at radius 2 is 2.06 bits per heavy atom. The second-order valence-electron chi connectivity index (χ2n) is 8.31. The van der Waals surface area contributed by atoms with Gasteiger partial charge in [-0.25, -0.2) is 4.98 Å². The van der Waals surface area contributed by atoms with Crippen LogP contribution in [0.15, 0.2) is 42.0 Å². The third kappa shape index (κ3) is 7.73. The zero-order chi connectivity index (χ0) is 24.3. The van der Waals surface area contributed by atoms with Crippen LogP contribution in [0.25, 0.3) is 6.08 Å². The molecule has 34 heavy (non-hydrogen) atoms. The van der Waals surface area contributed by atoms with Crippen molar-refractivity contribution in [1.29, 1.82) is 5.26 Å². The first kappa shape index (κ1) is 26.0. The molecule has 0 bridgehead atoms. The van der Waals surface area contributed by atoms with Crippen LogP contribution >= 0.6 is 23.2 Å². The van der Waals surface area contributed by atoms with Crippen LogP contribution in [-0.4, -0.2) is 42.0 Å². The summed E-state index contributed by atoms with van der Waals surface area (Å²) in [5.41, 5.74) is 1.12. The van der Waals surface area contributed by atoms with Crippen LogP contribution in [0.1, 0.15) is 56.3 Å². The van der Waals surface area contributed by atoms with Gasteiger partial charge in [-0.2, -0.15) is 5.26 Å². The molecule has 1 N–H and O–H groups in total. The number of nitriles is 1. The van der Waals surface area contributed by atoms with E-state index in [-0.39, 0.29) is 22.5 Å². The maximum Gasteiger partial charge on any atom is 0.262 e. The van der Waals surface area contributed by atoms with E-state index in [1.165, 1.54) is 25.3 Å². The molecule has 180 valence electrons. The van der Waals surface area contributed by atoms with Crippen LogP contribution in [0.4, 0.5) is 0 Å². The van der Waals surface area contributed by atoms with E-state index >= 15 is 0 Å².